The van der Waals surface area contributed by atoms with Crippen molar-refractivity contribution in [3.05, 3.63) is 68.3 Å². The van der Waals surface area contributed by atoms with E-state index in [2.05, 4.69) is 10.6 Å². The second-order valence-electron chi connectivity index (χ2n) is 6.39. The van der Waals surface area contributed by atoms with E-state index in [1.165, 1.54) is 6.92 Å². The molecular weight excluding hydrogens is 398 g/mol. The quantitative estimate of drug-likeness (QED) is 0.330. The topological polar surface area (TPSA) is 191 Å². The molecule has 2 aromatic rings. The van der Waals surface area contributed by atoms with Gasteiger partial charge in [-0.1, -0.05) is 30.3 Å². The molecule has 0 aliphatic rings. The summed E-state index contributed by atoms with van der Waals surface area (Å²) >= 11 is 0. The van der Waals surface area contributed by atoms with Crippen molar-refractivity contribution in [2.24, 2.45) is 5.73 Å². The van der Waals surface area contributed by atoms with E-state index in [9.17, 15) is 34.9 Å². The molecule has 0 spiro atoms. The Kier molecular flexibility index (Phi) is 6.86. The fraction of sp³-hybridized carbons (Fsp3) is 0.222. The summed E-state index contributed by atoms with van der Waals surface area (Å²) in [5, 5.41) is 37.5. The first-order valence-electron chi connectivity index (χ1n) is 8.66. The third kappa shape index (κ3) is 5.41. The van der Waals surface area contributed by atoms with Gasteiger partial charge in [0.1, 0.15) is 17.8 Å². The minimum atomic E-state index is -1.28. The molecule has 0 bridgehead atoms. The second kappa shape index (κ2) is 9.32. The summed E-state index contributed by atoms with van der Waals surface area (Å²) in [6.45, 7) is 1.34. The van der Waals surface area contributed by atoms with Gasteiger partial charge in [0.05, 0.1) is 21.6 Å². The first-order valence-corrected chi connectivity index (χ1v) is 8.66. The maximum absolute atomic E-state index is 11.8. The summed E-state index contributed by atoms with van der Waals surface area (Å²) in [4.78, 5) is 44.2. The number of rotatable bonds is 10. The Morgan fingerprint density at radius 2 is 1.73 bits per heavy atom. The van der Waals surface area contributed by atoms with E-state index in [0.29, 0.717) is 11.6 Å². The van der Waals surface area contributed by atoms with E-state index in [1.807, 2.05) is 0 Å². The highest BCUT2D eigenvalue weighted by Gasteiger charge is 2.29. The minimum absolute atomic E-state index is 0.00250. The van der Waals surface area contributed by atoms with Crippen molar-refractivity contribution in [2.45, 2.75) is 25.4 Å². The number of benzene rings is 2. The Bertz CT molecular complexity index is 980. The molecule has 0 aliphatic heterocycles. The lowest BCUT2D eigenvalue weighted by Gasteiger charge is -2.20. The van der Waals surface area contributed by atoms with Gasteiger partial charge >= 0.3 is 11.7 Å². The van der Waals surface area contributed by atoms with Crippen LogP contribution in [0.2, 0.25) is 0 Å². The van der Waals surface area contributed by atoms with Gasteiger partial charge in [0.15, 0.2) is 0 Å². The molecular formula is C18H19N5O7. The van der Waals surface area contributed by atoms with E-state index in [1.54, 1.807) is 30.3 Å². The number of aliphatic carboxylic acids is 1. The number of nitro groups is 2. The van der Waals surface area contributed by atoms with E-state index in [4.69, 9.17) is 5.73 Å². The molecule has 0 unspecified atom stereocenters. The van der Waals surface area contributed by atoms with Gasteiger partial charge in [0.2, 0.25) is 5.91 Å². The van der Waals surface area contributed by atoms with Gasteiger partial charge in [-0.2, -0.15) is 0 Å². The van der Waals surface area contributed by atoms with Crippen LogP contribution in [0, 0.1) is 20.2 Å². The lowest BCUT2D eigenvalue weighted by Crippen LogP contribution is -2.34. The Hall–Kier alpha value is -4.22. The van der Waals surface area contributed by atoms with Crippen LogP contribution < -0.4 is 16.4 Å². The highest BCUT2D eigenvalue weighted by molar-refractivity contribution is 5.90. The number of carbonyl (C=O) groups is 2. The van der Waals surface area contributed by atoms with Crippen molar-refractivity contribution in [2.75, 3.05) is 10.6 Å². The summed E-state index contributed by atoms with van der Waals surface area (Å²) in [6.07, 6.45) is -0.00250. The van der Waals surface area contributed by atoms with Crippen LogP contribution in [0.1, 0.15) is 12.5 Å². The van der Waals surface area contributed by atoms with Crippen LogP contribution in [-0.4, -0.2) is 38.9 Å². The Balaban J connectivity index is 2.55. The molecule has 12 heteroatoms. The number of anilines is 2. The number of carboxylic acid groups (broad SMARTS) is 1. The van der Waals surface area contributed by atoms with Gasteiger partial charge in [0.25, 0.3) is 5.69 Å². The zero-order valence-corrected chi connectivity index (χ0v) is 15.8. The third-order valence-electron chi connectivity index (χ3n) is 4.21. The standard InChI is InChI=1S/C18H19N5O7/c1-10(17(19)24)20-16-13(8-12(22(27)28)9-15(16)23(29)30)21-14(18(25)26)7-11-5-3-2-4-6-11/h2-6,8-10,14,20-21H,7H2,1H3,(H2,19,24)(H,25,26)/t10-,14-/m0/s1. The molecule has 0 radical (unpaired) electrons. The van der Waals surface area contributed by atoms with E-state index in [0.717, 1.165) is 6.07 Å². The Labute approximate surface area is 170 Å². The maximum atomic E-state index is 11.8. The summed E-state index contributed by atoms with van der Waals surface area (Å²) in [5.41, 5.74) is 4.04. The molecule has 2 aromatic carbocycles. The average molecular weight is 417 g/mol. The van der Waals surface area contributed by atoms with Crippen LogP contribution in [0.4, 0.5) is 22.7 Å². The number of hydrogen-bond donors (Lipinski definition) is 4. The van der Waals surface area contributed by atoms with Crippen molar-refractivity contribution in [1.82, 2.24) is 0 Å². The number of carboxylic acids is 1. The molecule has 12 nitrogen and oxygen atoms in total. The highest BCUT2D eigenvalue weighted by atomic mass is 16.6. The first-order chi connectivity index (χ1) is 14.1. The van der Waals surface area contributed by atoms with Crippen molar-refractivity contribution in [3.63, 3.8) is 0 Å². The van der Waals surface area contributed by atoms with Gasteiger partial charge in [-0.3, -0.25) is 25.0 Å². The van der Waals surface area contributed by atoms with Gasteiger partial charge in [-0.05, 0) is 12.5 Å². The number of nitrogens with one attached hydrogen (secondary N) is 2. The summed E-state index contributed by atoms with van der Waals surface area (Å²) < 4.78 is 0. The molecule has 0 aromatic heterocycles. The third-order valence-corrected chi connectivity index (χ3v) is 4.21. The second-order valence-corrected chi connectivity index (χ2v) is 6.39. The number of hydrogen-bond acceptors (Lipinski definition) is 8. The summed E-state index contributed by atoms with van der Waals surface area (Å²) in [5.74, 6) is -2.10. The number of primary amides is 1. The number of nitrogens with zero attached hydrogens (tertiary/aromatic N) is 2. The molecule has 5 N–H and O–H groups in total. The first kappa shape index (κ1) is 22.1. The zero-order valence-electron chi connectivity index (χ0n) is 15.8. The molecule has 1 amide bonds. The SMILES string of the molecule is C[C@H](Nc1c(N[C@@H](Cc2ccccc2)C(=O)O)cc([N+](=O)[O-])cc1[N+](=O)[O-])C(N)=O. The van der Waals surface area contributed by atoms with Crippen molar-refractivity contribution >= 4 is 34.6 Å². The largest absolute Gasteiger partial charge is 0.480 e. The lowest BCUT2D eigenvalue weighted by molar-refractivity contribution is -0.393. The number of nitrogens with two attached hydrogens (primary N) is 1. The van der Waals surface area contributed by atoms with E-state index < -0.39 is 45.2 Å². The van der Waals surface area contributed by atoms with Crippen LogP contribution in [0.3, 0.4) is 0 Å². The molecule has 0 heterocycles. The monoisotopic (exact) mass is 417 g/mol. The smallest absolute Gasteiger partial charge is 0.326 e. The van der Waals surface area contributed by atoms with Crippen LogP contribution >= 0.6 is 0 Å². The molecule has 2 atom stereocenters. The average Bonchev–Trinajstić information content (AvgIpc) is 2.68. The number of amides is 1. The van der Waals surface area contributed by atoms with Crippen LogP contribution in [0.15, 0.2) is 42.5 Å². The maximum Gasteiger partial charge on any atom is 0.326 e. The van der Waals surface area contributed by atoms with Gasteiger partial charge in [0, 0.05) is 12.5 Å². The molecule has 2 rings (SSSR count). The number of non-ortho nitro benzene ring substituents is 1. The molecule has 0 saturated carbocycles. The lowest BCUT2D eigenvalue weighted by atomic mass is 10.0. The molecule has 0 fully saturated rings. The summed E-state index contributed by atoms with van der Waals surface area (Å²) in [6, 6.07) is 7.93. The van der Waals surface area contributed by atoms with Gasteiger partial charge < -0.3 is 21.5 Å². The normalized spacial score (nSPS) is 12.4. The highest BCUT2D eigenvalue weighted by Crippen LogP contribution is 2.38. The van der Waals surface area contributed by atoms with Crippen molar-refractivity contribution in [3.8, 4) is 0 Å². The molecule has 0 aliphatic carbocycles. The number of nitro benzene ring substituents is 2. The fourth-order valence-electron chi connectivity index (χ4n) is 2.65. The predicted octanol–water partition coefficient (Wildman–Crippen LogP) is 1.90. The predicted molar refractivity (Wildman–Crippen MR) is 107 cm³/mol. The van der Waals surface area contributed by atoms with E-state index >= 15 is 0 Å². The van der Waals surface area contributed by atoms with Gasteiger partial charge in [-0.15, -0.1) is 0 Å². The summed E-state index contributed by atoms with van der Waals surface area (Å²) in [7, 11) is 0. The minimum Gasteiger partial charge on any atom is -0.480 e. The van der Waals surface area contributed by atoms with Crippen LogP contribution in [0.5, 0.6) is 0 Å². The van der Waals surface area contributed by atoms with Crippen molar-refractivity contribution in [1.29, 1.82) is 0 Å². The van der Waals surface area contributed by atoms with E-state index in [-0.39, 0.29) is 17.8 Å². The molecule has 30 heavy (non-hydrogen) atoms. The van der Waals surface area contributed by atoms with Gasteiger partial charge in [-0.25, -0.2) is 4.79 Å². The van der Waals surface area contributed by atoms with Crippen LogP contribution in [0.25, 0.3) is 0 Å². The van der Waals surface area contributed by atoms with Crippen molar-refractivity contribution < 1.29 is 24.5 Å². The Morgan fingerprint density at radius 1 is 1.10 bits per heavy atom. The fourth-order valence-corrected chi connectivity index (χ4v) is 2.65. The zero-order chi connectivity index (χ0) is 22.4. The molecule has 158 valence electrons. The van der Waals surface area contributed by atoms with Crippen LogP contribution in [-0.2, 0) is 16.0 Å². The Morgan fingerprint density at radius 3 is 2.23 bits per heavy atom. The number of carbonyl (C=O) groups excluding carboxylic acids is 1. The molecule has 0 saturated heterocycles.